The molecule has 0 aliphatic carbocycles. The molecule has 1 N–H and O–H groups in total. The summed E-state index contributed by atoms with van der Waals surface area (Å²) in [6.45, 7) is 2.53. The normalized spacial score (nSPS) is 15.4. The molecular weight excluding hydrogens is 489 g/mol. The Bertz CT molecular complexity index is 1070. The quantitative estimate of drug-likeness (QED) is 0.456. The van der Waals surface area contributed by atoms with E-state index in [0.717, 1.165) is 31.9 Å². The number of hydrogen-bond donors (Lipinski definition) is 1. The molecule has 0 aromatic heterocycles. The van der Waals surface area contributed by atoms with Crippen molar-refractivity contribution in [2.75, 3.05) is 35.8 Å². The van der Waals surface area contributed by atoms with Gasteiger partial charge in [-0.15, -0.1) is 0 Å². The zero-order chi connectivity index (χ0) is 21.3. The molecule has 6 heteroatoms. The molecule has 0 saturated carbocycles. The lowest BCUT2D eigenvalue weighted by Crippen LogP contribution is -2.43. The fourth-order valence-electron chi connectivity index (χ4n) is 3.62. The van der Waals surface area contributed by atoms with Crippen LogP contribution in [0.3, 0.4) is 0 Å². The monoisotopic (exact) mass is 513 g/mol. The molecule has 4 rings (SSSR count). The number of carbonyl (C=O) groups is 1. The lowest BCUT2D eigenvalue weighted by atomic mass is 10.0. The van der Waals surface area contributed by atoms with Crippen molar-refractivity contribution in [2.24, 2.45) is 0 Å². The lowest BCUT2D eigenvalue weighted by molar-refractivity contribution is 0.0975. The van der Waals surface area contributed by atoms with E-state index in [-0.39, 0.29) is 12.1 Å². The maximum Gasteiger partial charge on any atom is 0.262 e. The summed E-state index contributed by atoms with van der Waals surface area (Å²) in [5.41, 5.74) is 4.44. The van der Waals surface area contributed by atoms with Gasteiger partial charge in [0.25, 0.3) is 5.91 Å². The van der Waals surface area contributed by atoms with Crippen LogP contribution < -0.4 is 19.9 Å². The van der Waals surface area contributed by atoms with E-state index in [2.05, 4.69) is 57.1 Å². The number of hydrogen-bond acceptors (Lipinski definition) is 4. The minimum Gasteiger partial charge on any atom is -0.494 e. The summed E-state index contributed by atoms with van der Waals surface area (Å²) in [6, 6.07) is 21.9. The number of amides is 1. The largest absolute Gasteiger partial charge is 0.494 e. The molecule has 3 aromatic carbocycles. The van der Waals surface area contributed by atoms with Crippen LogP contribution in [0.1, 0.15) is 29.0 Å². The van der Waals surface area contributed by atoms with Crippen molar-refractivity contribution in [2.45, 2.75) is 13.1 Å². The molecule has 0 spiro atoms. The van der Waals surface area contributed by atoms with Crippen LogP contribution in [0.2, 0.25) is 0 Å². The van der Waals surface area contributed by atoms with Gasteiger partial charge < -0.3 is 15.0 Å². The summed E-state index contributed by atoms with van der Waals surface area (Å²) in [5, 5.41) is 3.57. The standard InChI is InChI=1S/C24H24IN3O2/c1-4-30-20-7-5-6-19(15-20)28-23(16-8-11-18(12-9-16)27(2)3)26-22-13-10-17(25)14-21(22)24(28)29/h5-15,23,26H,4H2,1-3H3. The average Bonchev–Trinajstić information content (AvgIpc) is 2.74. The Morgan fingerprint density at radius 2 is 1.83 bits per heavy atom. The topological polar surface area (TPSA) is 44.8 Å². The van der Waals surface area contributed by atoms with Crippen LogP contribution in [-0.4, -0.2) is 26.6 Å². The van der Waals surface area contributed by atoms with Crippen molar-refractivity contribution < 1.29 is 9.53 Å². The summed E-state index contributed by atoms with van der Waals surface area (Å²) < 4.78 is 6.71. The highest BCUT2D eigenvalue weighted by Crippen LogP contribution is 2.38. The predicted octanol–water partition coefficient (Wildman–Crippen LogP) is 5.53. The first-order valence-corrected chi connectivity index (χ1v) is 11.0. The zero-order valence-corrected chi connectivity index (χ0v) is 19.4. The first kappa shape index (κ1) is 20.5. The fourth-order valence-corrected chi connectivity index (χ4v) is 4.11. The minimum absolute atomic E-state index is 0.0300. The van der Waals surface area contributed by atoms with Gasteiger partial charge in [0.05, 0.1) is 17.9 Å². The minimum atomic E-state index is -0.321. The van der Waals surface area contributed by atoms with Gasteiger partial charge in [0.2, 0.25) is 0 Å². The Morgan fingerprint density at radius 1 is 1.07 bits per heavy atom. The van der Waals surface area contributed by atoms with E-state index in [1.54, 1.807) is 0 Å². The number of halogens is 1. The van der Waals surface area contributed by atoms with E-state index < -0.39 is 0 Å². The van der Waals surface area contributed by atoms with Crippen LogP contribution in [0.5, 0.6) is 5.75 Å². The summed E-state index contributed by atoms with van der Waals surface area (Å²) in [6.07, 6.45) is -0.321. The number of ether oxygens (including phenoxy) is 1. The second-order valence-corrected chi connectivity index (χ2v) is 8.57. The van der Waals surface area contributed by atoms with E-state index in [1.807, 2.05) is 68.4 Å². The molecule has 3 aromatic rings. The highest BCUT2D eigenvalue weighted by Gasteiger charge is 2.34. The van der Waals surface area contributed by atoms with E-state index in [9.17, 15) is 4.79 Å². The van der Waals surface area contributed by atoms with Crippen molar-refractivity contribution in [3.05, 3.63) is 81.4 Å². The van der Waals surface area contributed by atoms with Gasteiger partial charge in [0, 0.05) is 35.1 Å². The number of nitrogens with zero attached hydrogens (tertiary/aromatic N) is 2. The number of anilines is 3. The van der Waals surface area contributed by atoms with Gasteiger partial charge in [0.15, 0.2) is 0 Å². The molecule has 0 bridgehead atoms. The average molecular weight is 513 g/mol. The maximum atomic E-state index is 13.6. The van der Waals surface area contributed by atoms with Gasteiger partial charge in [-0.1, -0.05) is 18.2 Å². The maximum absolute atomic E-state index is 13.6. The third-order valence-corrected chi connectivity index (χ3v) is 5.78. The third kappa shape index (κ3) is 3.96. The van der Waals surface area contributed by atoms with Crippen molar-refractivity contribution in [3.63, 3.8) is 0 Å². The molecule has 1 amide bonds. The van der Waals surface area contributed by atoms with Crippen LogP contribution in [-0.2, 0) is 0 Å². The van der Waals surface area contributed by atoms with E-state index in [0.29, 0.717) is 12.2 Å². The predicted molar refractivity (Wildman–Crippen MR) is 131 cm³/mol. The lowest BCUT2D eigenvalue weighted by Gasteiger charge is -2.38. The molecule has 1 aliphatic heterocycles. The first-order valence-electron chi connectivity index (χ1n) is 9.87. The van der Waals surface area contributed by atoms with Crippen molar-refractivity contribution in [1.82, 2.24) is 0 Å². The van der Waals surface area contributed by atoms with Crippen LogP contribution in [0.15, 0.2) is 66.7 Å². The summed E-state index contributed by atoms with van der Waals surface area (Å²) in [4.78, 5) is 17.5. The van der Waals surface area contributed by atoms with Gasteiger partial charge in [-0.2, -0.15) is 0 Å². The highest BCUT2D eigenvalue weighted by atomic mass is 127. The Labute approximate surface area is 190 Å². The van der Waals surface area contributed by atoms with Crippen LogP contribution in [0, 0.1) is 3.57 Å². The van der Waals surface area contributed by atoms with Crippen molar-refractivity contribution in [1.29, 1.82) is 0 Å². The number of nitrogens with one attached hydrogen (secondary N) is 1. The van der Waals surface area contributed by atoms with Gasteiger partial charge in [-0.3, -0.25) is 9.69 Å². The molecule has 1 atom stereocenters. The van der Waals surface area contributed by atoms with Crippen LogP contribution >= 0.6 is 22.6 Å². The molecule has 1 aliphatic rings. The molecule has 30 heavy (non-hydrogen) atoms. The Morgan fingerprint density at radius 3 is 2.53 bits per heavy atom. The SMILES string of the molecule is CCOc1cccc(N2C(=O)c3cc(I)ccc3NC2c2ccc(N(C)C)cc2)c1. The van der Waals surface area contributed by atoms with Gasteiger partial charge in [-0.05, 0) is 77.5 Å². The highest BCUT2D eigenvalue weighted by molar-refractivity contribution is 14.1. The van der Waals surface area contributed by atoms with Crippen LogP contribution in [0.25, 0.3) is 0 Å². The number of rotatable bonds is 5. The van der Waals surface area contributed by atoms with Crippen molar-refractivity contribution >= 4 is 45.6 Å². The Hall–Kier alpha value is -2.74. The zero-order valence-electron chi connectivity index (χ0n) is 17.2. The smallest absolute Gasteiger partial charge is 0.262 e. The number of benzene rings is 3. The number of carbonyl (C=O) groups excluding carboxylic acids is 1. The summed E-state index contributed by atoms with van der Waals surface area (Å²) in [5.74, 6) is 0.718. The van der Waals surface area contributed by atoms with Crippen molar-refractivity contribution in [3.8, 4) is 5.75 Å². The summed E-state index contributed by atoms with van der Waals surface area (Å²) >= 11 is 2.24. The number of fused-ring (bicyclic) bond motifs is 1. The Balaban J connectivity index is 1.81. The second-order valence-electron chi connectivity index (χ2n) is 7.33. The molecule has 1 heterocycles. The summed E-state index contributed by atoms with van der Waals surface area (Å²) in [7, 11) is 4.03. The molecular formula is C24H24IN3O2. The van der Waals surface area contributed by atoms with E-state index in [1.165, 1.54) is 0 Å². The van der Waals surface area contributed by atoms with E-state index >= 15 is 0 Å². The second kappa shape index (κ2) is 8.55. The molecule has 1 unspecified atom stereocenters. The van der Waals surface area contributed by atoms with Gasteiger partial charge in [-0.25, -0.2) is 0 Å². The fraction of sp³-hybridized carbons (Fsp3) is 0.208. The molecule has 154 valence electrons. The molecule has 0 radical (unpaired) electrons. The molecule has 0 fully saturated rings. The molecule has 5 nitrogen and oxygen atoms in total. The molecule has 0 saturated heterocycles. The van der Waals surface area contributed by atoms with Gasteiger partial charge in [0.1, 0.15) is 11.9 Å². The Kier molecular flexibility index (Phi) is 5.85. The van der Waals surface area contributed by atoms with E-state index in [4.69, 9.17) is 4.74 Å². The first-order chi connectivity index (χ1) is 14.5. The third-order valence-electron chi connectivity index (χ3n) is 5.11. The van der Waals surface area contributed by atoms with Gasteiger partial charge >= 0.3 is 0 Å². The van der Waals surface area contributed by atoms with Crippen LogP contribution in [0.4, 0.5) is 17.1 Å².